The first-order valence-electron chi connectivity index (χ1n) is 5.35. The number of hydrogen-bond donors (Lipinski definition) is 1. The van der Waals surface area contributed by atoms with Gasteiger partial charge in [-0.1, -0.05) is 6.07 Å². The summed E-state index contributed by atoms with van der Waals surface area (Å²) in [7, 11) is 1.92. The lowest BCUT2D eigenvalue weighted by atomic mass is 10.3. The molecule has 5 heteroatoms. The fourth-order valence-corrected chi connectivity index (χ4v) is 2.08. The predicted molar refractivity (Wildman–Crippen MR) is 67.9 cm³/mol. The lowest BCUT2D eigenvalue weighted by molar-refractivity contribution is 0.809. The molecule has 0 aliphatic carbocycles. The molecule has 4 nitrogen and oxygen atoms in total. The predicted octanol–water partition coefficient (Wildman–Crippen LogP) is 2.05. The van der Waals surface area contributed by atoms with Crippen LogP contribution in [0.25, 0.3) is 0 Å². The summed E-state index contributed by atoms with van der Waals surface area (Å²) >= 11 is 1.47. The van der Waals surface area contributed by atoms with E-state index in [0.717, 1.165) is 22.4 Å². The van der Waals surface area contributed by atoms with Gasteiger partial charge < -0.3 is 5.32 Å². The standard InChI is InChI=1S/C12H14N4S/c1-9-5-6-14-12(16-9)17-11-4-3-10(7-13-2)8-15-11/h3-6,8,13H,7H2,1-2H3. The van der Waals surface area contributed by atoms with Crippen molar-refractivity contribution in [2.45, 2.75) is 23.7 Å². The number of nitrogens with one attached hydrogen (secondary N) is 1. The van der Waals surface area contributed by atoms with Crippen molar-refractivity contribution < 1.29 is 0 Å². The first-order chi connectivity index (χ1) is 8.28. The van der Waals surface area contributed by atoms with Crippen LogP contribution in [0, 0.1) is 6.92 Å². The molecular weight excluding hydrogens is 232 g/mol. The number of aryl methyl sites for hydroxylation is 1. The van der Waals surface area contributed by atoms with E-state index in [9.17, 15) is 0 Å². The second-order valence-electron chi connectivity index (χ2n) is 3.62. The fraction of sp³-hybridized carbons (Fsp3) is 0.250. The number of aromatic nitrogens is 3. The van der Waals surface area contributed by atoms with Gasteiger partial charge >= 0.3 is 0 Å². The summed E-state index contributed by atoms with van der Waals surface area (Å²) in [5, 5.41) is 4.74. The highest BCUT2D eigenvalue weighted by atomic mass is 32.2. The molecule has 0 amide bonds. The van der Waals surface area contributed by atoms with E-state index in [1.807, 2.05) is 32.3 Å². The number of pyridine rings is 1. The molecule has 0 bridgehead atoms. The second-order valence-corrected chi connectivity index (χ2v) is 4.61. The zero-order valence-electron chi connectivity index (χ0n) is 9.84. The smallest absolute Gasteiger partial charge is 0.194 e. The average Bonchev–Trinajstić information content (AvgIpc) is 2.32. The van der Waals surface area contributed by atoms with Gasteiger partial charge in [0.15, 0.2) is 5.16 Å². The van der Waals surface area contributed by atoms with Crippen LogP contribution >= 0.6 is 11.8 Å². The van der Waals surface area contributed by atoms with Crippen molar-refractivity contribution in [1.82, 2.24) is 20.3 Å². The van der Waals surface area contributed by atoms with Crippen molar-refractivity contribution >= 4 is 11.8 Å². The molecular formula is C12H14N4S. The highest BCUT2D eigenvalue weighted by molar-refractivity contribution is 7.99. The minimum Gasteiger partial charge on any atom is -0.316 e. The SMILES string of the molecule is CNCc1ccc(Sc2nccc(C)n2)nc1. The largest absolute Gasteiger partial charge is 0.316 e. The van der Waals surface area contributed by atoms with Crippen molar-refractivity contribution in [3.8, 4) is 0 Å². The molecule has 2 rings (SSSR count). The first-order valence-corrected chi connectivity index (χ1v) is 6.16. The third-order valence-electron chi connectivity index (χ3n) is 2.15. The molecule has 0 saturated carbocycles. The molecule has 0 radical (unpaired) electrons. The quantitative estimate of drug-likeness (QED) is 0.837. The van der Waals surface area contributed by atoms with Crippen LogP contribution in [0.2, 0.25) is 0 Å². The van der Waals surface area contributed by atoms with Crippen LogP contribution in [-0.4, -0.2) is 22.0 Å². The van der Waals surface area contributed by atoms with E-state index in [-0.39, 0.29) is 0 Å². The van der Waals surface area contributed by atoms with Gasteiger partial charge in [0.1, 0.15) is 5.03 Å². The molecule has 88 valence electrons. The topological polar surface area (TPSA) is 50.7 Å². The van der Waals surface area contributed by atoms with E-state index in [4.69, 9.17) is 0 Å². The minimum atomic E-state index is 0.735. The van der Waals surface area contributed by atoms with Crippen molar-refractivity contribution in [2.24, 2.45) is 0 Å². The van der Waals surface area contributed by atoms with Gasteiger partial charge in [-0.25, -0.2) is 15.0 Å². The zero-order valence-corrected chi connectivity index (χ0v) is 10.7. The highest BCUT2D eigenvalue weighted by Gasteiger charge is 2.02. The third kappa shape index (κ3) is 3.51. The van der Waals surface area contributed by atoms with Gasteiger partial charge in [0.25, 0.3) is 0 Å². The summed E-state index contributed by atoms with van der Waals surface area (Å²) in [6, 6.07) is 5.93. The number of hydrogen-bond acceptors (Lipinski definition) is 5. The van der Waals surface area contributed by atoms with E-state index in [0.29, 0.717) is 0 Å². The van der Waals surface area contributed by atoms with Gasteiger partial charge in [0.05, 0.1) is 0 Å². The van der Waals surface area contributed by atoms with E-state index >= 15 is 0 Å². The van der Waals surface area contributed by atoms with E-state index in [1.165, 1.54) is 17.3 Å². The van der Waals surface area contributed by atoms with Crippen molar-refractivity contribution in [3.63, 3.8) is 0 Å². The normalized spacial score (nSPS) is 10.5. The minimum absolute atomic E-state index is 0.735. The van der Waals surface area contributed by atoms with Crippen LogP contribution in [0.1, 0.15) is 11.3 Å². The van der Waals surface area contributed by atoms with Crippen LogP contribution in [0.4, 0.5) is 0 Å². The maximum atomic E-state index is 4.37. The van der Waals surface area contributed by atoms with Crippen LogP contribution in [0.5, 0.6) is 0 Å². The molecule has 0 saturated heterocycles. The van der Waals surface area contributed by atoms with Crippen molar-refractivity contribution in [2.75, 3.05) is 7.05 Å². The van der Waals surface area contributed by atoms with Gasteiger partial charge in [-0.2, -0.15) is 0 Å². The molecule has 0 aliphatic rings. The molecule has 0 spiro atoms. The molecule has 17 heavy (non-hydrogen) atoms. The molecule has 1 N–H and O–H groups in total. The molecule has 0 fully saturated rings. The molecule has 2 aromatic rings. The fourth-order valence-electron chi connectivity index (χ4n) is 1.35. The van der Waals surface area contributed by atoms with Crippen LogP contribution in [0.15, 0.2) is 40.8 Å². The van der Waals surface area contributed by atoms with Crippen LogP contribution < -0.4 is 5.32 Å². The Bertz CT molecular complexity index is 484. The van der Waals surface area contributed by atoms with E-state index < -0.39 is 0 Å². The third-order valence-corrected chi connectivity index (χ3v) is 2.98. The van der Waals surface area contributed by atoms with E-state index in [1.54, 1.807) is 6.20 Å². The molecule has 0 aliphatic heterocycles. The van der Waals surface area contributed by atoms with Gasteiger partial charge in [-0.15, -0.1) is 0 Å². The van der Waals surface area contributed by atoms with Crippen molar-refractivity contribution in [3.05, 3.63) is 41.9 Å². The van der Waals surface area contributed by atoms with Gasteiger partial charge in [-0.05, 0) is 43.4 Å². The maximum absolute atomic E-state index is 4.37. The maximum Gasteiger partial charge on any atom is 0.194 e. The monoisotopic (exact) mass is 246 g/mol. The Morgan fingerprint density at radius 2 is 2.12 bits per heavy atom. The molecule has 0 atom stereocenters. The summed E-state index contributed by atoms with van der Waals surface area (Å²) in [5.74, 6) is 0. The highest BCUT2D eigenvalue weighted by Crippen LogP contribution is 2.22. The van der Waals surface area contributed by atoms with Gasteiger partial charge in [-0.3, -0.25) is 0 Å². The summed E-state index contributed by atoms with van der Waals surface area (Å²) in [4.78, 5) is 12.9. The van der Waals surface area contributed by atoms with Crippen LogP contribution in [-0.2, 0) is 6.54 Å². The Kier molecular flexibility index (Phi) is 4.06. The Labute approximate surface area is 105 Å². The Morgan fingerprint density at radius 1 is 1.24 bits per heavy atom. The summed E-state index contributed by atoms with van der Waals surface area (Å²) < 4.78 is 0. The molecule has 0 aromatic carbocycles. The zero-order chi connectivity index (χ0) is 12.1. The first kappa shape index (κ1) is 12.0. The average molecular weight is 246 g/mol. The second kappa shape index (κ2) is 5.75. The lowest BCUT2D eigenvalue weighted by Gasteiger charge is -2.02. The summed E-state index contributed by atoms with van der Waals surface area (Å²) in [6.45, 7) is 2.79. The lowest BCUT2D eigenvalue weighted by Crippen LogP contribution is -2.05. The Morgan fingerprint density at radius 3 is 2.76 bits per heavy atom. The Hall–Kier alpha value is -1.46. The molecule has 2 aromatic heterocycles. The van der Waals surface area contributed by atoms with Crippen molar-refractivity contribution in [1.29, 1.82) is 0 Å². The molecule has 2 heterocycles. The number of rotatable bonds is 4. The van der Waals surface area contributed by atoms with E-state index in [2.05, 4.69) is 26.3 Å². The Balaban J connectivity index is 2.08. The van der Waals surface area contributed by atoms with Gasteiger partial charge in [0.2, 0.25) is 0 Å². The number of nitrogens with zero attached hydrogens (tertiary/aromatic N) is 3. The van der Waals surface area contributed by atoms with Gasteiger partial charge in [0, 0.05) is 24.6 Å². The van der Waals surface area contributed by atoms with Crippen LogP contribution in [0.3, 0.4) is 0 Å². The summed E-state index contributed by atoms with van der Waals surface area (Å²) in [5.41, 5.74) is 2.14. The molecule has 0 unspecified atom stereocenters. The summed E-state index contributed by atoms with van der Waals surface area (Å²) in [6.07, 6.45) is 3.63.